The lowest BCUT2D eigenvalue weighted by atomic mass is 10.1. The van der Waals surface area contributed by atoms with Gasteiger partial charge in [0, 0.05) is 11.4 Å². The smallest absolute Gasteiger partial charge is 0.411 e. The molecule has 1 N–H and O–H groups in total. The molecule has 1 heterocycles. The summed E-state index contributed by atoms with van der Waals surface area (Å²) in [6, 6.07) is 14.8. The number of anilines is 1. The lowest BCUT2D eigenvalue weighted by molar-refractivity contribution is -0.119. The van der Waals surface area contributed by atoms with Crippen LogP contribution in [-0.2, 0) is 16.1 Å². The molecule has 26 heavy (non-hydrogen) atoms. The molecule has 0 saturated carbocycles. The van der Waals surface area contributed by atoms with Gasteiger partial charge in [0.05, 0.1) is 5.88 Å². The van der Waals surface area contributed by atoms with Gasteiger partial charge in [-0.15, -0.1) is 11.8 Å². The van der Waals surface area contributed by atoms with E-state index in [0.29, 0.717) is 11.6 Å². The Bertz CT molecular complexity index is 795. The van der Waals surface area contributed by atoms with E-state index in [-0.39, 0.29) is 12.5 Å². The third-order valence-electron chi connectivity index (χ3n) is 4.40. The minimum absolute atomic E-state index is 0.185. The molecule has 0 aromatic heterocycles. The van der Waals surface area contributed by atoms with E-state index >= 15 is 0 Å². The zero-order valence-corrected chi connectivity index (χ0v) is 15.7. The van der Waals surface area contributed by atoms with Gasteiger partial charge in [-0.1, -0.05) is 36.4 Å². The van der Waals surface area contributed by atoms with Gasteiger partial charge in [-0.2, -0.15) is 0 Å². The monoisotopic (exact) mass is 370 g/mol. The highest BCUT2D eigenvalue weighted by Gasteiger charge is 2.35. The molecule has 6 heteroatoms. The van der Waals surface area contributed by atoms with Gasteiger partial charge in [0.2, 0.25) is 5.91 Å². The van der Waals surface area contributed by atoms with E-state index in [1.54, 1.807) is 11.8 Å². The van der Waals surface area contributed by atoms with Crippen LogP contribution in [-0.4, -0.2) is 34.6 Å². The van der Waals surface area contributed by atoms with Gasteiger partial charge >= 0.3 is 6.09 Å². The van der Waals surface area contributed by atoms with Gasteiger partial charge in [-0.3, -0.25) is 9.69 Å². The van der Waals surface area contributed by atoms with Gasteiger partial charge in [0.25, 0.3) is 0 Å². The van der Waals surface area contributed by atoms with Crippen LogP contribution in [0.15, 0.2) is 48.5 Å². The highest BCUT2D eigenvalue weighted by atomic mass is 32.2. The van der Waals surface area contributed by atoms with Crippen molar-refractivity contribution in [2.24, 2.45) is 0 Å². The number of hydrogen-bond acceptors (Lipinski definition) is 4. The van der Waals surface area contributed by atoms with Crippen molar-refractivity contribution in [1.29, 1.82) is 0 Å². The molecule has 2 aromatic rings. The van der Waals surface area contributed by atoms with Crippen LogP contribution in [0.25, 0.3) is 0 Å². The molecule has 136 valence electrons. The molecule has 5 nitrogen and oxygen atoms in total. The first-order valence-corrected chi connectivity index (χ1v) is 9.63. The molecular weight excluding hydrogens is 348 g/mol. The zero-order chi connectivity index (χ0) is 18.5. The van der Waals surface area contributed by atoms with E-state index in [2.05, 4.69) is 5.32 Å². The first-order chi connectivity index (χ1) is 12.5. The molecule has 0 spiro atoms. The highest BCUT2D eigenvalue weighted by molar-refractivity contribution is 7.99. The fraction of sp³-hybridized carbons (Fsp3) is 0.300. The first-order valence-electron chi connectivity index (χ1n) is 8.48. The second kappa shape index (κ2) is 8.27. The first kappa shape index (κ1) is 18.3. The summed E-state index contributed by atoms with van der Waals surface area (Å²) in [5.41, 5.74) is 3.95. The van der Waals surface area contributed by atoms with Crippen molar-refractivity contribution < 1.29 is 14.3 Å². The number of aryl methyl sites for hydroxylation is 2. The third-order valence-corrected chi connectivity index (χ3v) is 5.41. The average molecular weight is 370 g/mol. The van der Waals surface area contributed by atoms with Crippen LogP contribution in [0.3, 0.4) is 0 Å². The number of hydrogen-bond donors (Lipinski definition) is 1. The molecular formula is C20H22N2O3S. The maximum Gasteiger partial charge on any atom is 0.411 e. The van der Waals surface area contributed by atoms with Crippen molar-refractivity contribution in [3.05, 3.63) is 65.2 Å². The van der Waals surface area contributed by atoms with Gasteiger partial charge < -0.3 is 10.1 Å². The molecule has 0 aliphatic carbocycles. The summed E-state index contributed by atoms with van der Waals surface area (Å²) in [5, 5.41) is 2.91. The number of carbonyl (C=O) groups excluding carboxylic acids is 2. The maximum absolute atomic E-state index is 12.6. The predicted molar refractivity (Wildman–Crippen MR) is 104 cm³/mol. The summed E-state index contributed by atoms with van der Waals surface area (Å²) in [7, 11) is 0. The molecule has 2 aromatic carbocycles. The van der Waals surface area contributed by atoms with Gasteiger partial charge in [-0.25, -0.2) is 4.79 Å². The van der Waals surface area contributed by atoms with Crippen LogP contribution in [0.2, 0.25) is 0 Å². The molecule has 3 rings (SSSR count). The summed E-state index contributed by atoms with van der Waals surface area (Å²) in [5.74, 6) is 0.838. The van der Waals surface area contributed by atoms with Crippen LogP contribution >= 0.6 is 11.8 Å². The normalized spacial score (nSPS) is 16.4. The number of ether oxygens (including phenoxy) is 1. The number of nitrogens with one attached hydrogen (secondary N) is 1. The van der Waals surface area contributed by atoms with Crippen LogP contribution < -0.4 is 5.32 Å². The Hall–Kier alpha value is -2.47. The second-order valence-electron chi connectivity index (χ2n) is 6.31. The van der Waals surface area contributed by atoms with E-state index in [1.165, 1.54) is 10.5 Å². The standard InChI is InChI=1S/C20H22N2O3S/c1-14-8-9-17(10-15(14)2)21-19(23)18-12-26-13-22(18)20(24)25-11-16-6-4-3-5-7-16/h3-10,18H,11-13H2,1-2H3,(H,21,23). The van der Waals surface area contributed by atoms with Crippen molar-refractivity contribution >= 4 is 29.4 Å². The highest BCUT2D eigenvalue weighted by Crippen LogP contribution is 2.24. The average Bonchev–Trinajstić information content (AvgIpc) is 3.14. The Morgan fingerprint density at radius 3 is 2.65 bits per heavy atom. The fourth-order valence-corrected chi connectivity index (χ4v) is 3.83. The van der Waals surface area contributed by atoms with Gasteiger partial charge in [-0.05, 0) is 42.7 Å². The fourth-order valence-electron chi connectivity index (χ4n) is 2.69. The summed E-state index contributed by atoms with van der Waals surface area (Å²) < 4.78 is 5.37. The number of rotatable bonds is 4. The van der Waals surface area contributed by atoms with Crippen LogP contribution in [0.1, 0.15) is 16.7 Å². The molecule has 0 bridgehead atoms. The number of thioether (sulfide) groups is 1. The Labute approximate surface area is 157 Å². The molecule has 1 fully saturated rings. The molecule has 1 unspecified atom stereocenters. The number of nitrogens with zero attached hydrogens (tertiary/aromatic N) is 1. The van der Waals surface area contributed by atoms with E-state index < -0.39 is 12.1 Å². The van der Waals surface area contributed by atoms with Crippen molar-refractivity contribution in [1.82, 2.24) is 4.90 Å². The van der Waals surface area contributed by atoms with Gasteiger partial charge in [0.15, 0.2) is 0 Å². The Morgan fingerprint density at radius 2 is 1.92 bits per heavy atom. The SMILES string of the molecule is Cc1ccc(NC(=O)C2CSCN2C(=O)OCc2ccccc2)cc1C. The Morgan fingerprint density at radius 1 is 1.15 bits per heavy atom. The predicted octanol–water partition coefficient (Wildman–Crippen LogP) is 3.95. The number of benzene rings is 2. The van der Waals surface area contributed by atoms with Gasteiger partial charge in [0.1, 0.15) is 12.6 Å². The largest absolute Gasteiger partial charge is 0.445 e. The molecule has 1 aliphatic heterocycles. The summed E-state index contributed by atoms with van der Waals surface area (Å²) in [6.07, 6.45) is -0.459. The third kappa shape index (κ3) is 4.38. The van der Waals surface area contributed by atoms with Crippen molar-refractivity contribution in [2.75, 3.05) is 16.9 Å². The van der Waals surface area contributed by atoms with Crippen LogP contribution in [0.5, 0.6) is 0 Å². The van der Waals surface area contributed by atoms with Crippen molar-refractivity contribution in [3.63, 3.8) is 0 Å². The maximum atomic E-state index is 12.6. The molecule has 0 radical (unpaired) electrons. The van der Waals surface area contributed by atoms with Crippen LogP contribution in [0.4, 0.5) is 10.5 Å². The zero-order valence-electron chi connectivity index (χ0n) is 14.9. The summed E-state index contributed by atoms with van der Waals surface area (Å²) >= 11 is 1.55. The molecule has 1 aliphatic rings. The van der Waals surface area contributed by atoms with E-state index in [4.69, 9.17) is 4.74 Å². The van der Waals surface area contributed by atoms with E-state index in [9.17, 15) is 9.59 Å². The topological polar surface area (TPSA) is 58.6 Å². The van der Waals surface area contributed by atoms with E-state index in [1.807, 2.05) is 62.4 Å². The summed E-state index contributed by atoms with van der Waals surface area (Å²) in [4.78, 5) is 26.5. The molecule has 1 atom stereocenters. The lowest BCUT2D eigenvalue weighted by Crippen LogP contribution is -2.44. The Balaban J connectivity index is 1.60. The number of amides is 2. The summed E-state index contributed by atoms with van der Waals surface area (Å²) in [6.45, 7) is 4.23. The minimum atomic E-state index is -0.523. The Kier molecular flexibility index (Phi) is 5.83. The molecule has 2 amide bonds. The number of carbonyl (C=O) groups is 2. The quantitative estimate of drug-likeness (QED) is 0.885. The van der Waals surface area contributed by atoms with E-state index in [0.717, 1.165) is 16.8 Å². The van der Waals surface area contributed by atoms with Crippen molar-refractivity contribution in [2.45, 2.75) is 26.5 Å². The molecule has 1 saturated heterocycles. The van der Waals surface area contributed by atoms with Crippen molar-refractivity contribution in [3.8, 4) is 0 Å². The minimum Gasteiger partial charge on any atom is -0.445 e. The second-order valence-corrected chi connectivity index (χ2v) is 7.31. The van der Waals surface area contributed by atoms with Crippen LogP contribution in [0, 0.1) is 13.8 Å². The lowest BCUT2D eigenvalue weighted by Gasteiger charge is -2.22.